The van der Waals surface area contributed by atoms with Crippen LogP contribution >= 0.6 is 12.6 Å². The number of thiol groups is 1. The lowest BCUT2D eigenvalue weighted by Crippen LogP contribution is -2.23. The van der Waals surface area contributed by atoms with E-state index >= 15 is 0 Å². The lowest BCUT2D eigenvalue weighted by Gasteiger charge is -2.19. The molecule has 0 radical (unpaired) electrons. The fourth-order valence-corrected chi connectivity index (χ4v) is 1.49. The van der Waals surface area contributed by atoms with Crippen LogP contribution < -0.4 is 0 Å². The third-order valence-corrected chi connectivity index (χ3v) is 2.52. The van der Waals surface area contributed by atoms with E-state index in [1.54, 1.807) is 24.3 Å². The van der Waals surface area contributed by atoms with E-state index in [1.165, 1.54) is 0 Å². The van der Waals surface area contributed by atoms with Gasteiger partial charge in [-0.15, -0.1) is 0 Å². The zero-order valence-electron chi connectivity index (χ0n) is 10.9. The van der Waals surface area contributed by atoms with Crippen molar-refractivity contribution in [2.75, 3.05) is 5.75 Å². The van der Waals surface area contributed by atoms with E-state index in [0.717, 1.165) is 5.56 Å². The van der Waals surface area contributed by atoms with Crippen LogP contribution in [0, 0.1) is 0 Å². The maximum atomic E-state index is 11.7. The van der Waals surface area contributed by atoms with Crippen LogP contribution in [0.1, 0.15) is 36.7 Å². The quantitative estimate of drug-likeness (QED) is 0.673. The minimum atomic E-state index is -0.502. The molecule has 0 aliphatic heterocycles. The molecule has 0 aliphatic carbocycles. The Balaban J connectivity index is 2.71. The molecular formula is C14H18O3S. The van der Waals surface area contributed by atoms with Crippen LogP contribution in [0.2, 0.25) is 0 Å². The van der Waals surface area contributed by atoms with E-state index in [4.69, 9.17) is 4.74 Å². The summed E-state index contributed by atoms with van der Waals surface area (Å²) in [6.07, 6.45) is 0.345. The van der Waals surface area contributed by atoms with Crippen molar-refractivity contribution >= 4 is 24.4 Å². The van der Waals surface area contributed by atoms with Gasteiger partial charge in [-0.3, -0.25) is 4.79 Å². The minimum Gasteiger partial charge on any atom is -0.456 e. The Kier molecular flexibility index (Phi) is 4.96. The smallest absolute Gasteiger partial charge is 0.338 e. The highest BCUT2D eigenvalue weighted by molar-refractivity contribution is 7.81. The van der Waals surface area contributed by atoms with E-state index in [-0.39, 0.29) is 17.5 Å². The Morgan fingerprint density at radius 3 is 2.17 bits per heavy atom. The fourth-order valence-electron chi connectivity index (χ4n) is 1.38. The molecule has 4 heteroatoms. The number of benzene rings is 1. The Bertz CT molecular complexity index is 429. The van der Waals surface area contributed by atoms with Crippen LogP contribution in [-0.2, 0) is 16.0 Å². The highest BCUT2D eigenvalue weighted by Gasteiger charge is 2.17. The van der Waals surface area contributed by atoms with Crippen molar-refractivity contribution in [3.8, 4) is 0 Å². The number of esters is 1. The fraction of sp³-hybridized carbons (Fsp3) is 0.429. The molecule has 0 spiro atoms. The van der Waals surface area contributed by atoms with Gasteiger partial charge >= 0.3 is 5.97 Å². The van der Waals surface area contributed by atoms with Crippen molar-refractivity contribution in [2.24, 2.45) is 0 Å². The highest BCUT2D eigenvalue weighted by atomic mass is 32.1. The third kappa shape index (κ3) is 4.92. The van der Waals surface area contributed by atoms with Gasteiger partial charge in [0, 0.05) is 12.2 Å². The van der Waals surface area contributed by atoms with Crippen LogP contribution in [0.25, 0.3) is 0 Å². The summed E-state index contributed by atoms with van der Waals surface area (Å²) in [5.41, 5.74) is 0.867. The van der Waals surface area contributed by atoms with E-state index in [0.29, 0.717) is 12.0 Å². The van der Waals surface area contributed by atoms with Crippen LogP contribution in [0.15, 0.2) is 24.3 Å². The summed E-state index contributed by atoms with van der Waals surface area (Å²) in [5.74, 6) is -0.0636. The van der Waals surface area contributed by atoms with Gasteiger partial charge in [0.1, 0.15) is 11.4 Å². The predicted octanol–water partition coefficient (Wildman–Crippen LogP) is 2.68. The van der Waals surface area contributed by atoms with Crippen molar-refractivity contribution in [3.05, 3.63) is 35.4 Å². The van der Waals surface area contributed by atoms with Crippen molar-refractivity contribution in [3.63, 3.8) is 0 Å². The number of hydrogen-bond donors (Lipinski definition) is 1. The van der Waals surface area contributed by atoms with Crippen LogP contribution in [0.5, 0.6) is 0 Å². The van der Waals surface area contributed by atoms with Crippen molar-refractivity contribution in [1.82, 2.24) is 0 Å². The summed E-state index contributed by atoms with van der Waals surface area (Å²) < 4.78 is 5.25. The number of hydrogen-bond acceptors (Lipinski definition) is 4. The van der Waals surface area contributed by atoms with Crippen LogP contribution in [-0.4, -0.2) is 23.1 Å². The standard InChI is InChI=1S/C14H18O3S/c1-14(2,3)17-13(16)11-6-4-10(5-7-11)8-12(15)9-18/h4-7,18H,8-9H2,1-3H3. The van der Waals surface area contributed by atoms with Gasteiger partial charge in [-0.2, -0.15) is 12.6 Å². The van der Waals surface area contributed by atoms with Crippen molar-refractivity contribution < 1.29 is 14.3 Å². The zero-order valence-corrected chi connectivity index (χ0v) is 11.8. The summed E-state index contributed by atoms with van der Waals surface area (Å²) in [6.45, 7) is 5.47. The normalized spacial score (nSPS) is 11.1. The molecule has 1 aromatic carbocycles. The summed E-state index contributed by atoms with van der Waals surface area (Å²) in [5, 5.41) is 0. The van der Waals surface area contributed by atoms with Gasteiger partial charge in [0.25, 0.3) is 0 Å². The number of ketones is 1. The summed E-state index contributed by atoms with van der Waals surface area (Å²) >= 11 is 3.92. The van der Waals surface area contributed by atoms with Gasteiger partial charge in [-0.05, 0) is 38.5 Å². The lowest BCUT2D eigenvalue weighted by atomic mass is 10.1. The Labute approximate surface area is 113 Å². The second-order valence-electron chi connectivity index (χ2n) is 5.07. The lowest BCUT2D eigenvalue weighted by molar-refractivity contribution is -0.115. The molecule has 0 saturated carbocycles. The van der Waals surface area contributed by atoms with E-state index in [2.05, 4.69) is 12.6 Å². The monoisotopic (exact) mass is 266 g/mol. The first-order valence-electron chi connectivity index (χ1n) is 5.76. The topological polar surface area (TPSA) is 43.4 Å². The summed E-state index contributed by atoms with van der Waals surface area (Å²) in [7, 11) is 0. The molecule has 3 nitrogen and oxygen atoms in total. The molecule has 1 rings (SSSR count). The maximum Gasteiger partial charge on any atom is 0.338 e. The summed E-state index contributed by atoms with van der Waals surface area (Å²) in [6, 6.07) is 6.88. The molecule has 98 valence electrons. The van der Waals surface area contributed by atoms with Crippen LogP contribution in [0.4, 0.5) is 0 Å². The molecular weight excluding hydrogens is 248 g/mol. The number of carbonyl (C=O) groups excluding carboxylic acids is 2. The maximum absolute atomic E-state index is 11.7. The molecule has 0 bridgehead atoms. The Hall–Kier alpha value is -1.29. The molecule has 0 N–H and O–H groups in total. The minimum absolute atomic E-state index is 0.0587. The highest BCUT2D eigenvalue weighted by Crippen LogP contribution is 2.13. The van der Waals surface area contributed by atoms with Gasteiger partial charge < -0.3 is 4.74 Å². The predicted molar refractivity (Wildman–Crippen MR) is 74.2 cm³/mol. The molecule has 0 saturated heterocycles. The molecule has 0 aliphatic rings. The average molecular weight is 266 g/mol. The second-order valence-corrected chi connectivity index (χ2v) is 5.39. The van der Waals surface area contributed by atoms with Gasteiger partial charge in [-0.1, -0.05) is 12.1 Å². The van der Waals surface area contributed by atoms with Gasteiger partial charge in [0.2, 0.25) is 0 Å². The molecule has 0 fully saturated rings. The first-order chi connectivity index (χ1) is 8.31. The first-order valence-corrected chi connectivity index (χ1v) is 6.40. The van der Waals surface area contributed by atoms with Gasteiger partial charge in [-0.25, -0.2) is 4.79 Å². The number of ether oxygens (including phenoxy) is 1. The van der Waals surface area contributed by atoms with E-state index in [1.807, 2.05) is 20.8 Å². The van der Waals surface area contributed by atoms with Gasteiger partial charge in [0.15, 0.2) is 0 Å². The number of carbonyl (C=O) groups is 2. The SMILES string of the molecule is CC(C)(C)OC(=O)c1ccc(CC(=O)CS)cc1. The number of rotatable bonds is 4. The molecule has 1 aromatic rings. The third-order valence-electron chi connectivity index (χ3n) is 2.17. The average Bonchev–Trinajstić information content (AvgIpc) is 2.27. The summed E-state index contributed by atoms with van der Waals surface area (Å²) in [4.78, 5) is 23.0. The number of Topliss-reactive ketones (excluding diaryl/α,β-unsaturated/α-hetero) is 1. The molecule has 0 aromatic heterocycles. The first kappa shape index (κ1) is 14.8. The van der Waals surface area contributed by atoms with Crippen LogP contribution in [0.3, 0.4) is 0 Å². The Morgan fingerprint density at radius 1 is 1.17 bits per heavy atom. The van der Waals surface area contributed by atoms with Crippen molar-refractivity contribution in [1.29, 1.82) is 0 Å². The van der Waals surface area contributed by atoms with E-state index < -0.39 is 5.60 Å². The van der Waals surface area contributed by atoms with E-state index in [9.17, 15) is 9.59 Å². The molecule has 18 heavy (non-hydrogen) atoms. The zero-order chi connectivity index (χ0) is 13.8. The molecule has 0 heterocycles. The molecule has 0 atom stereocenters. The van der Waals surface area contributed by atoms with Crippen molar-refractivity contribution in [2.45, 2.75) is 32.8 Å². The largest absolute Gasteiger partial charge is 0.456 e. The second kappa shape index (κ2) is 6.05. The molecule has 0 unspecified atom stereocenters. The van der Waals surface area contributed by atoms with Gasteiger partial charge in [0.05, 0.1) is 5.56 Å². The Morgan fingerprint density at radius 2 is 1.72 bits per heavy atom. The molecule has 0 amide bonds.